The molecule has 2 heterocycles. The molecule has 0 spiro atoms. The third kappa shape index (κ3) is 7.31. The lowest BCUT2D eigenvalue weighted by atomic mass is 10.1. The molecule has 2 amide bonds. The zero-order valence-electron chi connectivity index (χ0n) is 19.2. The number of ether oxygens (including phenoxy) is 2. The van der Waals surface area contributed by atoms with Crippen molar-refractivity contribution < 1.29 is 23.9 Å². The van der Waals surface area contributed by atoms with E-state index < -0.39 is 0 Å². The largest absolute Gasteiger partial charge is 0.490 e. The Bertz CT molecular complexity index is 1170. The number of oxime groups is 1. The van der Waals surface area contributed by atoms with Gasteiger partial charge in [-0.3, -0.25) is 14.9 Å². The molecule has 1 saturated heterocycles. The molecule has 0 bridgehead atoms. The molecule has 180 valence electrons. The molecule has 2 aromatic carbocycles. The van der Waals surface area contributed by atoms with Crippen LogP contribution in [0, 0.1) is 0 Å². The second-order valence-corrected chi connectivity index (χ2v) is 8.92. The molecule has 9 heteroatoms. The molecular formula is C26H25N3O5S. The average Bonchev–Trinajstić information content (AvgIpc) is 3.20. The van der Waals surface area contributed by atoms with E-state index in [0.29, 0.717) is 37.0 Å². The minimum Gasteiger partial charge on any atom is -0.490 e. The first-order valence-electron chi connectivity index (χ1n) is 11.1. The van der Waals surface area contributed by atoms with Crippen LogP contribution in [0.3, 0.4) is 0 Å². The topological polar surface area (TPSA) is 99.1 Å². The van der Waals surface area contributed by atoms with Crippen LogP contribution in [0.5, 0.6) is 11.6 Å². The van der Waals surface area contributed by atoms with Crippen molar-refractivity contribution >= 4 is 28.6 Å². The second-order valence-electron chi connectivity index (χ2n) is 7.75. The minimum atomic E-state index is -0.378. The standard InChI is InChI=1S/C26H25N3O5S/c1-18(21-9-12-24(27-16-21)33-17-20-5-3-2-4-6-20)29-34-14-13-32-22-10-7-19(8-11-22)15-23-25(30)28-26(31)35-23/h2-12,16,23H,13-15,17H2,1H3,(H,28,30,31). The summed E-state index contributed by atoms with van der Waals surface area (Å²) in [5.74, 6) is 0.994. The number of carbonyl (C=O) groups is 2. The lowest BCUT2D eigenvalue weighted by Crippen LogP contribution is -2.25. The molecule has 8 nitrogen and oxygen atoms in total. The van der Waals surface area contributed by atoms with Crippen LogP contribution in [-0.4, -0.2) is 40.3 Å². The number of hydrogen-bond donors (Lipinski definition) is 1. The summed E-state index contributed by atoms with van der Waals surface area (Å²) in [7, 11) is 0. The van der Waals surface area contributed by atoms with Gasteiger partial charge in [0, 0.05) is 17.8 Å². The molecule has 1 aliphatic rings. The van der Waals surface area contributed by atoms with Crippen LogP contribution in [-0.2, 0) is 22.7 Å². The normalized spacial score (nSPS) is 15.6. The van der Waals surface area contributed by atoms with Crippen LogP contribution in [0.4, 0.5) is 4.79 Å². The van der Waals surface area contributed by atoms with E-state index in [9.17, 15) is 9.59 Å². The van der Waals surface area contributed by atoms with Crippen molar-refractivity contribution in [3.8, 4) is 11.6 Å². The van der Waals surface area contributed by atoms with E-state index in [4.69, 9.17) is 14.3 Å². The number of aromatic nitrogens is 1. The highest BCUT2D eigenvalue weighted by molar-refractivity contribution is 8.15. The highest BCUT2D eigenvalue weighted by Gasteiger charge is 2.31. The van der Waals surface area contributed by atoms with E-state index in [-0.39, 0.29) is 23.0 Å². The highest BCUT2D eigenvalue weighted by atomic mass is 32.2. The van der Waals surface area contributed by atoms with Gasteiger partial charge in [-0.2, -0.15) is 0 Å². The molecule has 3 aromatic rings. The van der Waals surface area contributed by atoms with Crippen molar-refractivity contribution in [3.63, 3.8) is 0 Å². The summed E-state index contributed by atoms with van der Waals surface area (Å²) in [6.45, 7) is 2.92. The zero-order valence-corrected chi connectivity index (χ0v) is 20.0. The first kappa shape index (κ1) is 24.3. The van der Waals surface area contributed by atoms with Crippen LogP contribution < -0.4 is 14.8 Å². The molecule has 1 N–H and O–H groups in total. The van der Waals surface area contributed by atoms with Gasteiger partial charge in [-0.05, 0) is 42.7 Å². The van der Waals surface area contributed by atoms with E-state index in [2.05, 4.69) is 15.5 Å². The van der Waals surface area contributed by atoms with Crippen molar-refractivity contribution in [2.45, 2.75) is 25.2 Å². The monoisotopic (exact) mass is 491 g/mol. The van der Waals surface area contributed by atoms with Crippen LogP contribution in [0.1, 0.15) is 23.6 Å². The second kappa shape index (κ2) is 12.0. The Morgan fingerprint density at radius 1 is 0.971 bits per heavy atom. The summed E-state index contributed by atoms with van der Waals surface area (Å²) >= 11 is 1.02. The number of rotatable bonds is 11. The molecule has 1 aliphatic heterocycles. The first-order chi connectivity index (χ1) is 17.1. The zero-order chi connectivity index (χ0) is 24.5. The summed E-state index contributed by atoms with van der Waals surface area (Å²) in [5.41, 5.74) is 3.58. The fourth-order valence-electron chi connectivity index (χ4n) is 3.27. The predicted molar refractivity (Wildman–Crippen MR) is 134 cm³/mol. The van der Waals surface area contributed by atoms with Crippen LogP contribution in [0.15, 0.2) is 78.1 Å². The van der Waals surface area contributed by atoms with Crippen LogP contribution in [0.2, 0.25) is 0 Å². The van der Waals surface area contributed by atoms with Gasteiger partial charge in [0.05, 0.1) is 11.0 Å². The molecule has 1 atom stereocenters. The van der Waals surface area contributed by atoms with Crippen molar-refractivity contribution in [2.24, 2.45) is 5.16 Å². The highest BCUT2D eigenvalue weighted by Crippen LogP contribution is 2.23. The van der Waals surface area contributed by atoms with Crippen molar-refractivity contribution in [3.05, 3.63) is 89.6 Å². The summed E-state index contributed by atoms with van der Waals surface area (Å²) in [6, 6.07) is 21.0. The summed E-state index contributed by atoms with van der Waals surface area (Å²) in [4.78, 5) is 32.6. The number of pyridine rings is 1. The van der Waals surface area contributed by atoms with Crippen molar-refractivity contribution in [2.75, 3.05) is 13.2 Å². The number of imide groups is 1. The minimum absolute atomic E-state index is 0.239. The maximum atomic E-state index is 11.7. The molecule has 0 aliphatic carbocycles. The average molecular weight is 492 g/mol. The van der Waals surface area contributed by atoms with E-state index in [1.54, 1.807) is 12.3 Å². The van der Waals surface area contributed by atoms with E-state index in [0.717, 1.165) is 28.5 Å². The number of hydrogen-bond acceptors (Lipinski definition) is 8. The van der Waals surface area contributed by atoms with Gasteiger partial charge in [-0.1, -0.05) is 59.4 Å². The number of amides is 2. The quantitative estimate of drug-likeness (QED) is 0.241. The SMILES string of the molecule is CC(=NOCCOc1ccc(CC2SC(=O)NC2=O)cc1)c1ccc(OCc2ccccc2)nc1. The third-order valence-electron chi connectivity index (χ3n) is 5.14. The van der Waals surface area contributed by atoms with Gasteiger partial charge in [-0.15, -0.1) is 0 Å². The Kier molecular flexibility index (Phi) is 8.34. The van der Waals surface area contributed by atoms with Crippen molar-refractivity contribution in [1.82, 2.24) is 10.3 Å². The van der Waals surface area contributed by atoms with Crippen molar-refractivity contribution in [1.29, 1.82) is 0 Å². The first-order valence-corrected chi connectivity index (χ1v) is 12.0. The Labute approximate surface area is 207 Å². The molecule has 4 rings (SSSR count). The molecule has 0 saturated carbocycles. The molecule has 0 radical (unpaired) electrons. The summed E-state index contributed by atoms with van der Waals surface area (Å²) < 4.78 is 11.4. The Morgan fingerprint density at radius 3 is 2.46 bits per heavy atom. The lowest BCUT2D eigenvalue weighted by molar-refractivity contribution is -0.118. The number of nitrogens with zero attached hydrogens (tertiary/aromatic N) is 2. The summed E-state index contributed by atoms with van der Waals surface area (Å²) in [6.07, 6.45) is 2.19. The van der Waals surface area contributed by atoms with Gasteiger partial charge in [0.1, 0.15) is 19.0 Å². The van der Waals surface area contributed by atoms with Gasteiger partial charge >= 0.3 is 0 Å². The van der Waals surface area contributed by atoms with Gasteiger partial charge in [0.2, 0.25) is 11.8 Å². The van der Waals surface area contributed by atoms with Gasteiger partial charge in [-0.25, -0.2) is 4.98 Å². The number of nitrogens with one attached hydrogen (secondary N) is 1. The fourth-order valence-corrected chi connectivity index (χ4v) is 4.13. The van der Waals surface area contributed by atoms with Gasteiger partial charge in [0.15, 0.2) is 6.61 Å². The molecular weight excluding hydrogens is 466 g/mol. The number of carbonyl (C=O) groups excluding carboxylic acids is 2. The van der Waals surface area contributed by atoms with Gasteiger partial charge in [0.25, 0.3) is 5.24 Å². The Hall–Kier alpha value is -3.85. The van der Waals surface area contributed by atoms with E-state index in [1.807, 2.05) is 67.6 Å². The van der Waals surface area contributed by atoms with Gasteiger partial charge < -0.3 is 14.3 Å². The smallest absolute Gasteiger partial charge is 0.286 e. The number of thioether (sulfide) groups is 1. The Balaban J connectivity index is 1.16. The molecule has 1 aromatic heterocycles. The molecule has 35 heavy (non-hydrogen) atoms. The fraction of sp³-hybridized carbons (Fsp3) is 0.231. The third-order valence-corrected chi connectivity index (χ3v) is 6.12. The van der Waals surface area contributed by atoms with E-state index in [1.165, 1.54) is 0 Å². The Morgan fingerprint density at radius 2 is 1.77 bits per heavy atom. The summed E-state index contributed by atoms with van der Waals surface area (Å²) in [5, 5.41) is 5.75. The van der Waals surface area contributed by atoms with E-state index >= 15 is 0 Å². The number of benzene rings is 2. The predicted octanol–water partition coefficient (Wildman–Crippen LogP) is 4.37. The molecule has 1 unspecified atom stereocenters. The molecule has 1 fully saturated rings. The van der Waals surface area contributed by atoms with Crippen LogP contribution >= 0.6 is 11.8 Å². The maximum absolute atomic E-state index is 11.7. The lowest BCUT2D eigenvalue weighted by Gasteiger charge is -2.09. The maximum Gasteiger partial charge on any atom is 0.286 e. The van der Waals surface area contributed by atoms with Crippen LogP contribution in [0.25, 0.3) is 0 Å².